The summed E-state index contributed by atoms with van der Waals surface area (Å²) in [6.07, 6.45) is 0. The van der Waals surface area contributed by atoms with Gasteiger partial charge in [-0.15, -0.1) is 22.0 Å². The fraction of sp³-hybridized carbons (Fsp3) is 0.348. The zero-order valence-corrected chi connectivity index (χ0v) is 20.1. The van der Waals surface area contributed by atoms with Gasteiger partial charge in [-0.25, -0.2) is 0 Å². The fourth-order valence-corrected chi connectivity index (χ4v) is 4.66. The van der Waals surface area contributed by atoms with Crippen molar-refractivity contribution in [3.63, 3.8) is 0 Å². The zero-order chi connectivity index (χ0) is 22.8. The van der Waals surface area contributed by atoms with Crippen molar-refractivity contribution in [2.75, 3.05) is 25.1 Å². The van der Waals surface area contributed by atoms with Crippen LogP contribution in [0.3, 0.4) is 0 Å². The molecule has 0 spiro atoms. The lowest BCUT2D eigenvalue weighted by Crippen LogP contribution is -2.13. The maximum Gasteiger partial charge on any atom is 0.257 e. The van der Waals surface area contributed by atoms with Gasteiger partial charge in [-0.3, -0.25) is 10.1 Å². The molecule has 0 aliphatic rings. The van der Waals surface area contributed by atoms with Crippen molar-refractivity contribution < 1.29 is 19.0 Å². The fourth-order valence-electron chi connectivity index (χ4n) is 2.88. The first kappa shape index (κ1) is 23.9. The van der Waals surface area contributed by atoms with Gasteiger partial charge in [0.15, 0.2) is 11.5 Å². The van der Waals surface area contributed by atoms with Gasteiger partial charge in [0.05, 0.1) is 19.8 Å². The Balaban J connectivity index is 1.67. The van der Waals surface area contributed by atoms with E-state index in [4.69, 9.17) is 14.2 Å². The second kappa shape index (κ2) is 12.3. The summed E-state index contributed by atoms with van der Waals surface area (Å²) in [7, 11) is 0. The standard InChI is InChI=1S/C23H27N3O4S2/c1-4-28-18-12-17(13-19(29-5-2)21(18)30-6-3)22(27)24-23-26-25-20(32-23)15-31-14-16-10-8-7-9-11-16/h7-13H,4-6,14-15H2,1-3H3,(H,24,26,27). The van der Waals surface area contributed by atoms with E-state index in [1.165, 1.54) is 16.9 Å². The number of carbonyl (C=O) groups excluding carboxylic acids is 1. The highest BCUT2D eigenvalue weighted by Crippen LogP contribution is 2.39. The predicted molar refractivity (Wildman–Crippen MR) is 129 cm³/mol. The van der Waals surface area contributed by atoms with E-state index in [1.54, 1.807) is 23.9 Å². The molecule has 9 heteroatoms. The minimum atomic E-state index is -0.311. The topological polar surface area (TPSA) is 82.6 Å². The van der Waals surface area contributed by atoms with Crippen LogP contribution in [0.2, 0.25) is 0 Å². The van der Waals surface area contributed by atoms with Gasteiger partial charge in [-0.2, -0.15) is 0 Å². The Hall–Kier alpha value is -2.78. The number of amides is 1. The average molecular weight is 474 g/mol. The highest BCUT2D eigenvalue weighted by Gasteiger charge is 2.19. The van der Waals surface area contributed by atoms with Crippen LogP contribution in [0, 0.1) is 0 Å². The molecule has 2 aromatic carbocycles. The molecule has 0 atom stereocenters. The Kier molecular flexibility index (Phi) is 9.18. The summed E-state index contributed by atoms with van der Waals surface area (Å²) >= 11 is 3.13. The third kappa shape index (κ3) is 6.61. The van der Waals surface area contributed by atoms with Gasteiger partial charge >= 0.3 is 0 Å². The number of thioether (sulfide) groups is 1. The summed E-state index contributed by atoms with van der Waals surface area (Å²) in [4.78, 5) is 12.9. The molecule has 0 bridgehead atoms. The highest BCUT2D eigenvalue weighted by molar-refractivity contribution is 7.97. The molecule has 0 saturated carbocycles. The lowest BCUT2D eigenvalue weighted by atomic mass is 10.1. The van der Waals surface area contributed by atoms with E-state index in [0.29, 0.717) is 47.8 Å². The van der Waals surface area contributed by atoms with Crippen LogP contribution >= 0.6 is 23.1 Å². The molecule has 3 rings (SSSR count). The van der Waals surface area contributed by atoms with Gasteiger partial charge in [-0.1, -0.05) is 41.7 Å². The molecule has 3 aromatic rings. The third-order valence-electron chi connectivity index (χ3n) is 4.20. The molecule has 1 heterocycles. The maximum atomic E-state index is 12.9. The summed E-state index contributed by atoms with van der Waals surface area (Å²) in [5.41, 5.74) is 1.66. The van der Waals surface area contributed by atoms with Gasteiger partial charge in [0.1, 0.15) is 5.01 Å². The van der Waals surface area contributed by atoms with E-state index in [2.05, 4.69) is 27.6 Å². The predicted octanol–water partition coefficient (Wildman–Crippen LogP) is 5.42. The molecule has 1 amide bonds. The number of ether oxygens (including phenoxy) is 3. The third-order valence-corrected chi connectivity index (χ3v) is 6.23. The summed E-state index contributed by atoms with van der Waals surface area (Å²) in [5.74, 6) is 2.76. The Labute approximate surface area is 196 Å². The van der Waals surface area contributed by atoms with Gasteiger partial charge in [0, 0.05) is 17.1 Å². The number of nitrogens with zero attached hydrogens (tertiary/aromatic N) is 2. The summed E-state index contributed by atoms with van der Waals surface area (Å²) < 4.78 is 17.1. The van der Waals surface area contributed by atoms with Crippen molar-refractivity contribution in [3.05, 3.63) is 58.6 Å². The summed E-state index contributed by atoms with van der Waals surface area (Å²) in [6.45, 7) is 6.98. The van der Waals surface area contributed by atoms with Gasteiger partial charge in [-0.05, 0) is 38.5 Å². The Morgan fingerprint density at radius 1 is 0.938 bits per heavy atom. The number of hydrogen-bond donors (Lipinski definition) is 1. The van der Waals surface area contributed by atoms with E-state index in [-0.39, 0.29) is 5.91 Å². The first-order valence-corrected chi connectivity index (χ1v) is 12.4. The molecule has 1 aromatic heterocycles. The van der Waals surface area contributed by atoms with Crippen LogP contribution in [0.4, 0.5) is 5.13 Å². The molecule has 0 radical (unpaired) electrons. The van der Waals surface area contributed by atoms with Crippen LogP contribution in [0.15, 0.2) is 42.5 Å². The van der Waals surface area contributed by atoms with E-state index in [9.17, 15) is 4.79 Å². The molecular formula is C23H27N3O4S2. The Bertz CT molecular complexity index is 984. The number of anilines is 1. The Morgan fingerprint density at radius 2 is 1.59 bits per heavy atom. The van der Waals surface area contributed by atoms with Gasteiger partial charge in [0.2, 0.25) is 10.9 Å². The van der Waals surface area contributed by atoms with Crippen LogP contribution in [-0.2, 0) is 11.5 Å². The van der Waals surface area contributed by atoms with Crippen LogP contribution in [0.1, 0.15) is 41.7 Å². The number of benzene rings is 2. The van der Waals surface area contributed by atoms with Gasteiger partial charge in [0.25, 0.3) is 5.91 Å². The molecule has 7 nitrogen and oxygen atoms in total. The first-order chi connectivity index (χ1) is 15.6. The van der Waals surface area contributed by atoms with Crippen molar-refractivity contribution in [1.82, 2.24) is 10.2 Å². The monoisotopic (exact) mass is 473 g/mol. The van der Waals surface area contributed by atoms with E-state index in [1.807, 2.05) is 39.0 Å². The van der Waals surface area contributed by atoms with Crippen molar-refractivity contribution in [1.29, 1.82) is 0 Å². The average Bonchev–Trinajstić information content (AvgIpc) is 3.24. The van der Waals surface area contributed by atoms with Crippen molar-refractivity contribution >= 4 is 34.1 Å². The van der Waals surface area contributed by atoms with E-state index >= 15 is 0 Å². The number of carbonyl (C=O) groups is 1. The zero-order valence-electron chi connectivity index (χ0n) is 18.4. The number of aromatic nitrogens is 2. The second-order valence-electron chi connectivity index (χ2n) is 6.53. The normalized spacial score (nSPS) is 10.6. The summed E-state index contributed by atoms with van der Waals surface area (Å²) in [6, 6.07) is 13.6. The quantitative estimate of drug-likeness (QED) is 0.376. The number of nitrogens with one attached hydrogen (secondary N) is 1. The number of rotatable bonds is 12. The minimum absolute atomic E-state index is 0.311. The van der Waals surface area contributed by atoms with E-state index < -0.39 is 0 Å². The van der Waals surface area contributed by atoms with Crippen LogP contribution in [0.5, 0.6) is 17.2 Å². The molecule has 32 heavy (non-hydrogen) atoms. The van der Waals surface area contributed by atoms with Crippen LogP contribution in [0.25, 0.3) is 0 Å². The first-order valence-electron chi connectivity index (χ1n) is 10.5. The Morgan fingerprint density at radius 3 is 2.22 bits per heavy atom. The second-order valence-corrected chi connectivity index (χ2v) is 8.58. The molecule has 0 aliphatic carbocycles. The molecule has 0 aliphatic heterocycles. The minimum Gasteiger partial charge on any atom is -0.490 e. The molecule has 0 unspecified atom stereocenters. The van der Waals surface area contributed by atoms with E-state index in [0.717, 1.165) is 16.5 Å². The van der Waals surface area contributed by atoms with Crippen molar-refractivity contribution in [2.45, 2.75) is 32.3 Å². The van der Waals surface area contributed by atoms with Crippen LogP contribution < -0.4 is 19.5 Å². The highest BCUT2D eigenvalue weighted by atomic mass is 32.2. The largest absolute Gasteiger partial charge is 0.490 e. The van der Waals surface area contributed by atoms with Crippen LogP contribution in [-0.4, -0.2) is 35.9 Å². The molecule has 0 saturated heterocycles. The lowest BCUT2D eigenvalue weighted by Gasteiger charge is -2.16. The number of hydrogen-bond acceptors (Lipinski definition) is 8. The van der Waals surface area contributed by atoms with Crippen molar-refractivity contribution in [2.24, 2.45) is 0 Å². The smallest absolute Gasteiger partial charge is 0.257 e. The molecular weight excluding hydrogens is 446 g/mol. The van der Waals surface area contributed by atoms with Gasteiger partial charge < -0.3 is 14.2 Å². The summed E-state index contributed by atoms with van der Waals surface area (Å²) in [5, 5.41) is 12.4. The molecule has 1 N–H and O–H groups in total. The molecule has 170 valence electrons. The SMILES string of the molecule is CCOc1cc(C(=O)Nc2nnc(CSCc3ccccc3)s2)cc(OCC)c1OCC. The lowest BCUT2D eigenvalue weighted by molar-refractivity contribution is 0.102. The maximum absolute atomic E-state index is 12.9. The molecule has 0 fully saturated rings. The van der Waals surface area contributed by atoms with Crippen molar-refractivity contribution in [3.8, 4) is 17.2 Å².